The Balaban J connectivity index is 1.87. The van der Waals surface area contributed by atoms with Gasteiger partial charge in [0.25, 0.3) is 0 Å². The number of nitrogens with zero attached hydrogens (tertiary/aromatic N) is 3. The van der Waals surface area contributed by atoms with Gasteiger partial charge in [-0.3, -0.25) is 15.1 Å². The highest BCUT2D eigenvalue weighted by atomic mass is 16.5. The Morgan fingerprint density at radius 1 is 1.25 bits per heavy atom. The van der Waals surface area contributed by atoms with Gasteiger partial charge in [-0.25, -0.2) is 0 Å². The van der Waals surface area contributed by atoms with Crippen LogP contribution >= 0.6 is 0 Å². The van der Waals surface area contributed by atoms with Gasteiger partial charge in [-0.15, -0.1) is 0 Å². The van der Waals surface area contributed by atoms with Crippen molar-refractivity contribution in [1.29, 1.82) is 0 Å². The maximum atomic E-state index is 5.29. The summed E-state index contributed by atoms with van der Waals surface area (Å²) in [7, 11) is 1.64. The molecule has 0 radical (unpaired) electrons. The molecule has 20 heavy (non-hydrogen) atoms. The smallest absolute Gasteiger partial charge is 0.142 e. The number of rotatable bonds is 4. The zero-order chi connectivity index (χ0) is 13.9. The van der Waals surface area contributed by atoms with Gasteiger partial charge in [0.2, 0.25) is 0 Å². The summed E-state index contributed by atoms with van der Waals surface area (Å²) in [4.78, 5) is 8.37. The number of methoxy groups -OCH3 is 1. The monoisotopic (exact) mass is 269 g/mol. The molecule has 2 N–H and O–H groups in total. The van der Waals surface area contributed by atoms with Gasteiger partial charge in [-0.2, -0.15) is 5.10 Å². The lowest BCUT2D eigenvalue weighted by Crippen LogP contribution is -2.02. The summed E-state index contributed by atoms with van der Waals surface area (Å²) in [5.74, 6) is 0.767. The fourth-order valence-electron chi connectivity index (χ4n) is 2.11. The first kappa shape index (κ1) is 12.4. The Hall–Kier alpha value is -2.63. The first-order chi connectivity index (χ1) is 9.79. The standard InChI is InChI=1S/C14H15N5O/c1-9-13-14(19-18-9)11(4-6-16-13)17-7-10-3-5-15-8-12(10)20-2/h3-6,8H,7H2,1-2H3,(H,16,17)(H,18,19). The van der Waals surface area contributed by atoms with Crippen LogP contribution in [0.15, 0.2) is 30.7 Å². The summed E-state index contributed by atoms with van der Waals surface area (Å²) in [6.07, 6.45) is 5.23. The summed E-state index contributed by atoms with van der Waals surface area (Å²) in [6.45, 7) is 2.59. The summed E-state index contributed by atoms with van der Waals surface area (Å²) in [6, 6.07) is 3.84. The number of aryl methyl sites for hydroxylation is 1. The lowest BCUT2D eigenvalue weighted by Gasteiger charge is -2.10. The third-order valence-electron chi connectivity index (χ3n) is 3.17. The van der Waals surface area contributed by atoms with Gasteiger partial charge >= 0.3 is 0 Å². The largest absolute Gasteiger partial charge is 0.495 e. The first-order valence-electron chi connectivity index (χ1n) is 6.30. The van der Waals surface area contributed by atoms with E-state index in [0.717, 1.165) is 33.7 Å². The fourth-order valence-corrected chi connectivity index (χ4v) is 2.11. The van der Waals surface area contributed by atoms with Crippen LogP contribution in [-0.4, -0.2) is 27.3 Å². The van der Waals surface area contributed by atoms with Gasteiger partial charge in [0.05, 0.1) is 24.7 Å². The Morgan fingerprint density at radius 3 is 3.00 bits per heavy atom. The van der Waals surface area contributed by atoms with Crippen LogP contribution in [0.25, 0.3) is 11.0 Å². The van der Waals surface area contributed by atoms with E-state index in [2.05, 4.69) is 25.5 Å². The molecule has 0 aromatic carbocycles. The topological polar surface area (TPSA) is 75.7 Å². The summed E-state index contributed by atoms with van der Waals surface area (Å²) in [5.41, 5.74) is 4.68. The average Bonchev–Trinajstić information content (AvgIpc) is 2.88. The van der Waals surface area contributed by atoms with E-state index in [1.165, 1.54) is 0 Å². The minimum absolute atomic E-state index is 0.636. The van der Waals surface area contributed by atoms with Crippen LogP contribution in [0.3, 0.4) is 0 Å². The second-order valence-electron chi connectivity index (χ2n) is 4.45. The number of H-pyrrole nitrogens is 1. The molecule has 3 rings (SSSR count). The van der Waals surface area contributed by atoms with Crippen molar-refractivity contribution in [2.24, 2.45) is 0 Å². The highest BCUT2D eigenvalue weighted by molar-refractivity contribution is 5.88. The minimum Gasteiger partial charge on any atom is -0.495 e. The molecule has 102 valence electrons. The van der Waals surface area contributed by atoms with Crippen molar-refractivity contribution >= 4 is 16.7 Å². The molecule has 3 aromatic rings. The third-order valence-corrected chi connectivity index (χ3v) is 3.17. The van der Waals surface area contributed by atoms with Crippen molar-refractivity contribution in [2.45, 2.75) is 13.5 Å². The molecule has 3 heterocycles. The normalized spacial score (nSPS) is 10.7. The van der Waals surface area contributed by atoms with Crippen molar-refractivity contribution in [3.8, 4) is 5.75 Å². The lowest BCUT2D eigenvalue weighted by atomic mass is 10.2. The highest BCUT2D eigenvalue weighted by Crippen LogP contribution is 2.23. The van der Waals surface area contributed by atoms with E-state index in [4.69, 9.17) is 4.74 Å². The number of pyridine rings is 2. The molecule has 0 bridgehead atoms. The number of anilines is 1. The van der Waals surface area contributed by atoms with Crippen LogP contribution in [-0.2, 0) is 6.54 Å². The van der Waals surface area contributed by atoms with Crippen LogP contribution < -0.4 is 10.1 Å². The second kappa shape index (κ2) is 5.16. The van der Waals surface area contributed by atoms with Gasteiger partial charge in [0.1, 0.15) is 16.8 Å². The van der Waals surface area contributed by atoms with E-state index in [1.54, 1.807) is 25.7 Å². The molecule has 0 atom stereocenters. The molecule has 0 saturated carbocycles. The molecule has 6 heteroatoms. The van der Waals surface area contributed by atoms with Gasteiger partial charge < -0.3 is 10.1 Å². The lowest BCUT2D eigenvalue weighted by molar-refractivity contribution is 0.408. The molecule has 0 aliphatic carbocycles. The van der Waals surface area contributed by atoms with E-state index in [1.807, 2.05) is 19.1 Å². The molecule has 0 aliphatic heterocycles. The second-order valence-corrected chi connectivity index (χ2v) is 4.45. The van der Waals surface area contributed by atoms with Crippen molar-refractivity contribution < 1.29 is 4.74 Å². The van der Waals surface area contributed by atoms with E-state index >= 15 is 0 Å². The van der Waals surface area contributed by atoms with E-state index in [-0.39, 0.29) is 0 Å². The molecule has 3 aromatic heterocycles. The first-order valence-corrected chi connectivity index (χ1v) is 6.30. The number of ether oxygens (including phenoxy) is 1. The van der Waals surface area contributed by atoms with Crippen molar-refractivity contribution in [3.05, 3.63) is 42.0 Å². The summed E-state index contributed by atoms with van der Waals surface area (Å²) >= 11 is 0. The minimum atomic E-state index is 0.636. The quantitative estimate of drug-likeness (QED) is 0.760. The Bertz CT molecular complexity index is 737. The Morgan fingerprint density at radius 2 is 2.15 bits per heavy atom. The maximum absolute atomic E-state index is 5.29. The van der Waals surface area contributed by atoms with Crippen molar-refractivity contribution in [1.82, 2.24) is 20.2 Å². The molecule has 0 saturated heterocycles. The molecular formula is C14H15N5O. The Kier molecular flexibility index (Phi) is 3.20. The maximum Gasteiger partial charge on any atom is 0.142 e. The molecule has 6 nitrogen and oxygen atoms in total. The van der Waals surface area contributed by atoms with Crippen LogP contribution in [0, 0.1) is 6.92 Å². The van der Waals surface area contributed by atoms with Gasteiger partial charge in [-0.05, 0) is 19.1 Å². The zero-order valence-electron chi connectivity index (χ0n) is 11.3. The number of aromatic amines is 1. The van der Waals surface area contributed by atoms with E-state index in [0.29, 0.717) is 6.54 Å². The number of nitrogens with one attached hydrogen (secondary N) is 2. The zero-order valence-corrected chi connectivity index (χ0v) is 11.3. The SMILES string of the molecule is COc1cnccc1CNc1ccnc2c(C)[nH]nc12. The predicted octanol–water partition coefficient (Wildman–Crippen LogP) is 2.28. The van der Waals surface area contributed by atoms with Gasteiger partial charge in [0, 0.05) is 24.5 Å². The summed E-state index contributed by atoms with van der Waals surface area (Å²) < 4.78 is 5.29. The number of hydrogen-bond acceptors (Lipinski definition) is 5. The fraction of sp³-hybridized carbons (Fsp3) is 0.214. The summed E-state index contributed by atoms with van der Waals surface area (Å²) in [5, 5.41) is 10.6. The Labute approximate surface area is 116 Å². The van der Waals surface area contributed by atoms with Crippen LogP contribution in [0.4, 0.5) is 5.69 Å². The molecule has 0 fully saturated rings. The number of hydrogen-bond donors (Lipinski definition) is 2. The molecular weight excluding hydrogens is 254 g/mol. The molecule has 0 aliphatic rings. The van der Waals surface area contributed by atoms with Crippen LogP contribution in [0.1, 0.15) is 11.3 Å². The van der Waals surface area contributed by atoms with Gasteiger partial charge in [-0.1, -0.05) is 0 Å². The number of fused-ring (bicyclic) bond motifs is 1. The predicted molar refractivity (Wildman–Crippen MR) is 76.7 cm³/mol. The number of aromatic nitrogens is 4. The van der Waals surface area contributed by atoms with Gasteiger partial charge in [0.15, 0.2) is 0 Å². The highest BCUT2D eigenvalue weighted by Gasteiger charge is 2.08. The molecule has 0 amide bonds. The van der Waals surface area contributed by atoms with E-state index in [9.17, 15) is 0 Å². The third kappa shape index (κ3) is 2.16. The molecule has 0 unspecified atom stereocenters. The van der Waals surface area contributed by atoms with E-state index < -0.39 is 0 Å². The van der Waals surface area contributed by atoms with Crippen molar-refractivity contribution in [2.75, 3.05) is 12.4 Å². The molecule has 0 spiro atoms. The average molecular weight is 269 g/mol. The van der Waals surface area contributed by atoms with Crippen LogP contribution in [0.2, 0.25) is 0 Å². The van der Waals surface area contributed by atoms with Crippen LogP contribution in [0.5, 0.6) is 5.75 Å². The van der Waals surface area contributed by atoms with Crippen molar-refractivity contribution in [3.63, 3.8) is 0 Å².